The Bertz CT molecular complexity index is 1270. The Morgan fingerprint density at radius 1 is 0.386 bits per heavy atom. The summed E-state index contributed by atoms with van der Waals surface area (Å²) in [6.45, 7) is 4.65. The second-order valence-electron chi connectivity index (χ2n) is 19.8. The third kappa shape index (κ3) is 50.9. The predicted octanol–water partition coefficient (Wildman–Crippen LogP) is 17.0. The highest BCUT2D eigenvalue weighted by atomic mass is 31.2. The van der Waals surface area contributed by atoms with Crippen molar-refractivity contribution < 1.29 is 52.2 Å². The third-order valence-corrected chi connectivity index (χ3v) is 13.8. The van der Waals surface area contributed by atoms with E-state index in [0.29, 0.717) is 19.3 Å². The molecule has 0 aromatic rings. The Hall–Kier alpha value is -2.04. The van der Waals surface area contributed by atoms with Gasteiger partial charge in [-0.3, -0.25) is 23.4 Å². The Labute approximate surface area is 429 Å². The molecule has 0 heterocycles. The Balaban J connectivity index is 4.68. The number of carbonyl (C=O) groups excluding carboxylic acids is 3. The second kappa shape index (κ2) is 53.3. The van der Waals surface area contributed by atoms with Crippen molar-refractivity contribution in [2.45, 2.75) is 303 Å². The summed E-state index contributed by atoms with van der Waals surface area (Å²) in [6, 6.07) is 0. The van der Waals surface area contributed by atoms with Crippen LogP contribution in [0.4, 0.5) is 0 Å². The van der Waals surface area contributed by atoms with E-state index >= 15 is 0 Å². The van der Waals surface area contributed by atoms with Crippen molar-refractivity contribution in [2.75, 3.05) is 26.4 Å². The summed E-state index contributed by atoms with van der Waals surface area (Å²) in [6.07, 6.45) is 52.8. The van der Waals surface area contributed by atoms with Crippen molar-refractivity contribution >= 4 is 25.7 Å². The lowest BCUT2D eigenvalue weighted by Gasteiger charge is -2.21. The van der Waals surface area contributed by atoms with Crippen LogP contribution in [0.5, 0.6) is 0 Å². The smallest absolute Gasteiger partial charge is 0.462 e. The average molecular weight is 1010 g/mol. The summed E-state index contributed by atoms with van der Waals surface area (Å²) in [4.78, 5) is 48.5. The molecule has 12 heteroatoms. The standard InChI is InChI=1S/C58H109O11P/c1-4-7-10-13-16-19-22-24-25-26-27-28-29-31-34-37-40-43-46-49-58(62)69-55(51-65-56(60)47-44-41-38-35-33-30-23-20-17-14-11-8-5-2)53-67-70(63,64)66-52-54(50-59)68-57(61)48-45-42-39-36-32-21-18-15-12-9-6-3/h20,23-25,54-55,59H,4-19,21-22,26-53H2,1-3H3,(H,63,64)/b23-20-,25-24-. The first-order valence-corrected chi connectivity index (χ1v) is 30.7. The van der Waals surface area contributed by atoms with E-state index in [9.17, 15) is 28.9 Å². The normalized spacial score (nSPS) is 13.5. The minimum absolute atomic E-state index is 0.168. The number of aliphatic hydroxyl groups excluding tert-OH is 1. The van der Waals surface area contributed by atoms with Gasteiger partial charge in [-0.15, -0.1) is 0 Å². The lowest BCUT2D eigenvalue weighted by Crippen LogP contribution is -2.30. The second-order valence-corrected chi connectivity index (χ2v) is 21.3. The number of hydrogen-bond donors (Lipinski definition) is 2. The van der Waals surface area contributed by atoms with Gasteiger partial charge in [0.1, 0.15) is 12.7 Å². The molecule has 412 valence electrons. The number of esters is 3. The number of rotatable bonds is 55. The zero-order chi connectivity index (χ0) is 51.3. The molecule has 0 aliphatic carbocycles. The maximum absolute atomic E-state index is 12.9. The first-order chi connectivity index (χ1) is 34.2. The molecule has 11 nitrogen and oxygen atoms in total. The minimum atomic E-state index is -4.74. The molecule has 0 aliphatic rings. The van der Waals surface area contributed by atoms with E-state index in [0.717, 1.165) is 77.0 Å². The molecule has 2 N–H and O–H groups in total. The molecule has 0 fully saturated rings. The average Bonchev–Trinajstić information content (AvgIpc) is 3.35. The number of phosphoric acid groups is 1. The summed E-state index contributed by atoms with van der Waals surface area (Å²) in [5.41, 5.74) is 0. The van der Waals surface area contributed by atoms with Gasteiger partial charge in [-0.05, 0) is 70.6 Å². The highest BCUT2D eigenvalue weighted by Gasteiger charge is 2.28. The fraction of sp³-hybridized carbons (Fsp3) is 0.879. The van der Waals surface area contributed by atoms with E-state index in [2.05, 4.69) is 45.1 Å². The molecule has 0 bridgehead atoms. The Morgan fingerprint density at radius 2 is 0.657 bits per heavy atom. The molecule has 0 radical (unpaired) electrons. The van der Waals surface area contributed by atoms with Crippen molar-refractivity contribution in [3.8, 4) is 0 Å². The van der Waals surface area contributed by atoms with E-state index in [1.54, 1.807) is 0 Å². The van der Waals surface area contributed by atoms with Crippen LogP contribution in [-0.4, -0.2) is 66.5 Å². The molecule has 70 heavy (non-hydrogen) atoms. The number of allylic oxidation sites excluding steroid dienone is 4. The van der Waals surface area contributed by atoms with Crippen LogP contribution >= 0.6 is 7.82 Å². The predicted molar refractivity (Wildman–Crippen MR) is 289 cm³/mol. The number of unbranched alkanes of at least 4 members (excludes halogenated alkanes) is 34. The van der Waals surface area contributed by atoms with Gasteiger partial charge in [0.05, 0.1) is 19.8 Å². The highest BCUT2D eigenvalue weighted by Crippen LogP contribution is 2.43. The van der Waals surface area contributed by atoms with Crippen LogP contribution in [0.15, 0.2) is 24.3 Å². The monoisotopic (exact) mass is 1010 g/mol. The summed E-state index contributed by atoms with van der Waals surface area (Å²) in [5.74, 6) is -1.46. The van der Waals surface area contributed by atoms with E-state index < -0.39 is 57.8 Å². The first-order valence-electron chi connectivity index (χ1n) is 29.2. The number of ether oxygens (including phenoxy) is 3. The van der Waals surface area contributed by atoms with Gasteiger partial charge < -0.3 is 24.2 Å². The Kier molecular flexibility index (Phi) is 51.7. The van der Waals surface area contributed by atoms with Gasteiger partial charge in [-0.1, -0.05) is 225 Å². The van der Waals surface area contributed by atoms with Gasteiger partial charge in [0.25, 0.3) is 0 Å². The molecule has 0 aromatic carbocycles. The first kappa shape index (κ1) is 68.0. The van der Waals surface area contributed by atoms with Crippen molar-refractivity contribution in [2.24, 2.45) is 0 Å². The number of hydrogen-bond acceptors (Lipinski definition) is 10. The number of phosphoric ester groups is 1. The van der Waals surface area contributed by atoms with Crippen LogP contribution in [-0.2, 0) is 42.2 Å². The SMILES string of the molecule is CCCCCC/C=C\CCCCCCCC(=O)OCC(COP(=O)(O)OCC(CO)OC(=O)CCCCCCCCCCCCC)OC(=O)CCCCCCCCCCC/C=C\CCCCCCCC. The van der Waals surface area contributed by atoms with Crippen LogP contribution in [0.2, 0.25) is 0 Å². The third-order valence-electron chi connectivity index (χ3n) is 12.8. The van der Waals surface area contributed by atoms with Crippen molar-refractivity contribution in [1.29, 1.82) is 0 Å². The summed E-state index contributed by atoms with van der Waals surface area (Å²) >= 11 is 0. The van der Waals surface area contributed by atoms with Gasteiger partial charge in [0, 0.05) is 19.3 Å². The zero-order valence-electron chi connectivity index (χ0n) is 45.5. The number of carbonyl (C=O) groups is 3. The van der Waals surface area contributed by atoms with Crippen molar-refractivity contribution in [3.63, 3.8) is 0 Å². The van der Waals surface area contributed by atoms with Crippen LogP contribution < -0.4 is 0 Å². The topological polar surface area (TPSA) is 155 Å². The molecule has 0 saturated heterocycles. The van der Waals surface area contributed by atoms with E-state index in [1.807, 2.05) is 0 Å². The van der Waals surface area contributed by atoms with Gasteiger partial charge in [0.15, 0.2) is 6.10 Å². The van der Waals surface area contributed by atoms with E-state index in [-0.39, 0.29) is 25.9 Å². The highest BCUT2D eigenvalue weighted by molar-refractivity contribution is 7.47. The summed E-state index contributed by atoms with van der Waals surface area (Å²) < 4.78 is 39.5. The molecule has 0 spiro atoms. The molecule has 0 rings (SSSR count). The maximum atomic E-state index is 12.9. The summed E-state index contributed by atoms with van der Waals surface area (Å²) in [7, 11) is -4.74. The summed E-state index contributed by atoms with van der Waals surface area (Å²) in [5, 5.41) is 9.79. The molecule has 0 saturated carbocycles. The molecule has 0 aromatic heterocycles. The van der Waals surface area contributed by atoms with Crippen molar-refractivity contribution in [1.82, 2.24) is 0 Å². The molecular formula is C58H109O11P. The lowest BCUT2D eigenvalue weighted by molar-refractivity contribution is -0.161. The van der Waals surface area contributed by atoms with E-state index in [4.69, 9.17) is 23.3 Å². The molecule has 3 atom stereocenters. The van der Waals surface area contributed by atoms with E-state index in [1.165, 1.54) is 154 Å². The van der Waals surface area contributed by atoms with Crippen LogP contribution in [0.25, 0.3) is 0 Å². The zero-order valence-corrected chi connectivity index (χ0v) is 46.4. The largest absolute Gasteiger partial charge is 0.472 e. The molecule has 3 unspecified atom stereocenters. The van der Waals surface area contributed by atoms with Gasteiger partial charge in [-0.2, -0.15) is 0 Å². The minimum Gasteiger partial charge on any atom is -0.462 e. The molecular weight excluding hydrogens is 904 g/mol. The van der Waals surface area contributed by atoms with Crippen LogP contribution in [0.3, 0.4) is 0 Å². The molecule has 0 aliphatic heterocycles. The lowest BCUT2D eigenvalue weighted by atomic mass is 10.1. The molecule has 0 amide bonds. The number of aliphatic hydroxyl groups is 1. The van der Waals surface area contributed by atoms with Gasteiger partial charge in [-0.25, -0.2) is 4.57 Å². The fourth-order valence-corrected chi connectivity index (χ4v) is 9.13. The maximum Gasteiger partial charge on any atom is 0.472 e. The van der Waals surface area contributed by atoms with Crippen LogP contribution in [0.1, 0.15) is 290 Å². The van der Waals surface area contributed by atoms with Gasteiger partial charge >= 0.3 is 25.7 Å². The van der Waals surface area contributed by atoms with Gasteiger partial charge in [0.2, 0.25) is 0 Å². The Morgan fingerprint density at radius 3 is 1.00 bits per heavy atom. The van der Waals surface area contributed by atoms with Crippen LogP contribution in [0, 0.1) is 0 Å². The fourth-order valence-electron chi connectivity index (χ4n) is 8.35. The van der Waals surface area contributed by atoms with Crippen molar-refractivity contribution in [3.05, 3.63) is 24.3 Å². The quantitative estimate of drug-likeness (QED) is 0.0197.